The molecular formula is C76H149N2O7P. The van der Waals surface area contributed by atoms with Crippen molar-refractivity contribution < 1.29 is 37.3 Å². The number of allylic oxidation sites excluding steroid dienone is 3. The van der Waals surface area contributed by atoms with Gasteiger partial charge in [0.15, 0.2) is 0 Å². The van der Waals surface area contributed by atoms with E-state index >= 15 is 0 Å². The molecule has 0 radical (unpaired) electrons. The number of phosphoric ester groups is 1. The highest BCUT2D eigenvalue weighted by Crippen LogP contribution is 2.38. The number of quaternary nitrogens is 1. The average Bonchev–Trinajstić information content (AvgIpc) is 3.69. The molecule has 3 unspecified atom stereocenters. The maximum absolute atomic E-state index is 13.6. The number of hydrogen-bond donors (Lipinski definition) is 1. The van der Waals surface area contributed by atoms with E-state index in [-0.39, 0.29) is 31.5 Å². The van der Waals surface area contributed by atoms with Gasteiger partial charge in [-0.15, -0.1) is 0 Å². The van der Waals surface area contributed by atoms with Crippen molar-refractivity contribution in [1.29, 1.82) is 0 Å². The van der Waals surface area contributed by atoms with Crippen LogP contribution in [0.1, 0.15) is 400 Å². The standard InChI is InChI=1S/C76H149N2O7P/c1-7-10-13-16-19-22-25-28-30-32-34-36-37-38-39-40-41-43-44-46-48-50-53-56-59-62-65-68-75(79)77-73(72-84-86(81,82)83-71-70-78(4,5)6)74(67-64-61-58-55-52-27-24-21-18-15-12-9-3)85-76(80)69-66-63-60-57-54-51-49-47-45-42-35-33-31-29-26-23-20-17-14-11-8-2/h29,31,64,67,73-74H,7-28,30,32-63,65-66,68-72H2,1-6H3,(H-,77,79,81,82)/b31-29+,67-64+. The van der Waals surface area contributed by atoms with E-state index in [9.17, 15) is 19.0 Å². The molecule has 0 fully saturated rings. The lowest BCUT2D eigenvalue weighted by atomic mass is 10.0. The van der Waals surface area contributed by atoms with Crippen molar-refractivity contribution in [2.75, 3.05) is 40.9 Å². The van der Waals surface area contributed by atoms with Crippen LogP contribution in [0.15, 0.2) is 24.3 Å². The molecule has 0 aliphatic carbocycles. The molecule has 0 spiro atoms. The molecule has 0 heterocycles. The van der Waals surface area contributed by atoms with Crippen LogP contribution in [-0.4, -0.2) is 69.4 Å². The second-order valence-corrected chi connectivity index (χ2v) is 28.9. The van der Waals surface area contributed by atoms with Crippen LogP contribution in [0.4, 0.5) is 0 Å². The maximum Gasteiger partial charge on any atom is 0.306 e. The van der Waals surface area contributed by atoms with Gasteiger partial charge in [-0.05, 0) is 57.4 Å². The highest BCUT2D eigenvalue weighted by Gasteiger charge is 2.27. The number of ether oxygens (including phenoxy) is 1. The van der Waals surface area contributed by atoms with E-state index in [1.807, 2.05) is 33.3 Å². The van der Waals surface area contributed by atoms with E-state index in [4.69, 9.17) is 13.8 Å². The highest BCUT2D eigenvalue weighted by atomic mass is 31.2. The Balaban J connectivity index is 4.93. The molecule has 9 nitrogen and oxygen atoms in total. The Morgan fingerprint density at radius 1 is 0.395 bits per heavy atom. The molecular weight excluding hydrogens is 1080 g/mol. The zero-order valence-electron chi connectivity index (χ0n) is 58.6. The van der Waals surface area contributed by atoms with Gasteiger partial charge in [0.1, 0.15) is 19.3 Å². The zero-order valence-corrected chi connectivity index (χ0v) is 59.5. The Kier molecular flexibility index (Phi) is 65.2. The Bertz CT molecular complexity index is 1520. The van der Waals surface area contributed by atoms with Gasteiger partial charge in [0.05, 0.1) is 33.8 Å². The number of carbonyl (C=O) groups is 2. The van der Waals surface area contributed by atoms with Gasteiger partial charge in [-0.25, -0.2) is 0 Å². The first kappa shape index (κ1) is 84.5. The minimum absolute atomic E-state index is 0.0181. The summed E-state index contributed by atoms with van der Waals surface area (Å²) in [5.41, 5.74) is 0. The second-order valence-electron chi connectivity index (χ2n) is 27.5. The van der Waals surface area contributed by atoms with Gasteiger partial charge in [-0.1, -0.05) is 354 Å². The van der Waals surface area contributed by atoms with Gasteiger partial charge < -0.3 is 28.5 Å². The lowest BCUT2D eigenvalue weighted by Crippen LogP contribution is -2.47. The van der Waals surface area contributed by atoms with Crippen molar-refractivity contribution in [2.24, 2.45) is 0 Å². The number of phosphoric acid groups is 1. The fraction of sp³-hybridized carbons (Fsp3) is 0.921. The minimum Gasteiger partial charge on any atom is -0.756 e. The molecule has 0 bridgehead atoms. The SMILES string of the molecule is CCCCCCCC/C=C/CCCCCCCCCCCCCC(=O)OC(/C=C/CCCCCCCCCCCC)C(COP(=O)([O-])OCC[N+](C)(C)C)NC(=O)CCCCCCCCCCCCCCCCCCCCCCCCCCCCC. The number of unbranched alkanes of at least 4 members (excludes halogenated alkanes) is 53. The third-order valence-corrected chi connectivity index (χ3v) is 18.6. The van der Waals surface area contributed by atoms with Crippen LogP contribution in [-0.2, 0) is 27.9 Å². The molecule has 0 aromatic heterocycles. The van der Waals surface area contributed by atoms with Gasteiger partial charge in [-0.3, -0.25) is 14.2 Å². The number of amides is 1. The Morgan fingerprint density at radius 2 is 0.674 bits per heavy atom. The molecule has 1 N–H and O–H groups in total. The van der Waals surface area contributed by atoms with Crippen molar-refractivity contribution >= 4 is 19.7 Å². The Labute approximate surface area is 536 Å². The minimum atomic E-state index is -4.70. The van der Waals surface area contributed by atoms with Crippen LogP contribution in [0, 0.1) is 0 Å². The van der Waals surface area contributed by atoms with E-state index in [0.29, 0.717) is 17.4 Å². The number of nitrogens with zero attached hydrogens (tertiary/aromatic N) is 1. The van der Waals surface area contributed by atoms with Crippen LogP contribution in [0.2, 0.25) is 0 Å². The van der Waals surface area contributed by atoms with E-state index in [2.05, 4.69) is 38.2 Å². The average molecular weight is 1230 g/mol. The predicted octanol–water partition coefficient (Wildman–Crippen LogP) is 23.8. The normalized spacial score (nSPS) is 13.5. The van der Waals surface area contributed by atoms with Crippen molar-refractivity contribution in [3.05, 3.63) is 24.3 Å². The summed E-state index contributed by atoms with van der Waals surface area (Å²) in [5.74, 6) is -0.517. The summed E-state index contributed by atoms with van der Waals surface area (Å²) in [4.78, 5) is 40.2. The predicted molar refractivity (Wildman–Crippen MR) is 372 cm³/mol. The number of likely N-dealkylation sites (N-methyl/N-ethyl adjacent to an activating group) is 1. The third-order valence-electron chi connectivity index (χ3n) is 17.6. The molecule has 1 amide bonds. The van der Waals surface area contributed by atoms with Crippen molar-refractivity contribution in [1.82, 2.24) is 5.32 Å². The van der Waals surface area contributed by atoms with Gasteiger partial charge >= 0.3 is 5.97 Å². The number of hydrogen-bond acceptors (Lipinski definition) is 7. The van der Waals surface area contributed by atoms with E-state index < -0.39 is 20.0 Å². The van der Waals surface area contributed by atoms with Gasteiger partial charge in [0.25, 0.3) is 7.82 Å². The maximum atomic E-state index is 13.6. The van der Waals surface area contributed by atoms with Crippen molar-refractivity contribution in [3.8, 4) is 0 Å². The number of carbonyl (C=O) groups excluding carboxylic acids is 2. The Hall–Kier alpha value is -1.51. The summed E-state index contributed by atoms with van der Waals surface area (Å²) in [7, 11) is 1.21. The quantitative estimate of drug-likeness (QED) is 0.0212. The Morgan fingerprint density at radius 3 is 0.988 bits per heavy atom. The molecule has 10 heteroatoms. The number of rotatable bonds is 71. The van der Waals surface area contributed by atoms with Gasteiger partial charge in [-0.2, -0.15) is 0 Å². The van der Waals surface area contributed by atoms with Crippen LogP contribution < -0.4 is 10.2 Å². The molecule has 0 saturated heterocycles. The monoisotopic (exact) mass is 1230 g/mol. The smallest absolute Gasteiger partial charge is 0.306 e. The van der Waals surface area contributed by atoms with Crippen LogP contribution in [0.25, 0.3) is 0 Å². The largest absolute Gasteiger partial charge is 0.756 e. The van der Waals surface area contributed by atoms with Gasteiger partial charge in [0.2, 0.25) is 5.91 Å². The molecule has 0 aromatic rings. The fourth-order valence-electron chi connectivity index (χ4n) is 11.8. The van der Waals surface area contributed by atoms with E-state index in [1.165, 1.54) is 308 Å². The molecule has 0 aliphatic rings. The summed E-state index contributed by atoms with van der Waals surface area (Å²) in [6, 6.07) is -0.884. The summed E-state index contributed by atoms with van der Waals surface area (Å²) < 4.78 is 30.5. The van der Waals surface area contributed by atoms with E-state index in [0.717, 1.165) is 57.8 Å². The molecule has 0 rings (SSSR count). The molecule has 510 valence electrons. The molecule has 0 saturated carbocycles. The van der Waals surface area contributed by atoms with Crippen LogP contribution in [0.3, 0.4) is 0 Å². The lowest BCUT2D eigenvalue weighted by Gasteiger charge is -2.30. The first-order chi connectivity index (χ1) is 41.9. The molecule has 0 aromatic carbocycles. The lowest BCUT2D eigenvalue weighted by molar-refractivity contribution is -0.870. The molecule has 0 aliphatic heterocycles. The second kappa shape index (κ2) is 66.4. The summed E-state index contributed by atoms with van der Waals surface area (Å²) in [6.45, 7) is 6.92. The first-order valence-corrected chi connectivity index (χ1v) is 39.6. The first-order valence-electron chi connectivity index (χ1n) is 38.1. The van der Waals surface area contributed by atoms with Crippen LogP contribution >= 0.6 is 7.82 Å². The van der Waals surface area contributed by atoms with Crippen molar-refractivity contribution in [3.63, 3.8) is 0 Å². The number of esters is 1. The molecule has 3 atom stereocenters. The number of nitrogens with one attached hydrogen (secondary N) is 1. The third kappa shape index (κ3) is 66.9. The van der Waals surface area contributed by atoms with Crippen molar-refractivity contribution in [2.45, 2.75) is 412 Å². The summed E-state index contributed by atoms with van der Waals surface area (Å²) >= 11 is 0. The van der Waals surface area contributed by atoms with Gasteiger partial charge in [0, 0.05) is 12.8 Å². The molecule has 86 heavy (non-hydrogen) atoms. The van der Waals surface area contributed by atoms with Crippen LogP contribution in [0.5, 0.6) is 0 Å². The van der Waals surface area contributed by atoms with E-state index in [1.54, 1.807) is 0 Å². The fourth-order valence-corrected chi connectivity index (χ4v) is 12.5. The highest BCUT2D eigenvalue weighted by molar-refractivity contribution is 7.45. The zero-order chi connectivity index (χ0) is 62.8. The summed E-state index contributed by atoms with van der Waals surface area (Å²) in [6.07, 6.45) is 81.8. The summed E-state index contributed by atoms with van der Waals surface area (Å²) in [5, 5.41) is 3.06. The topological polar surface area (TPSA) is 114 Å².